The smallest absolute Gasteiger partial charge is 0.0662 e. The highest BCUT2D eigenvalue weighted by Crippen LogP contribution is 2.37. The zero-order valence-electron chi connectivity index (χ0n) is 7.37. The zero-order chi connectivity index (χ0) is 10.1. The molecule has 1 aromatic heterocycles. The van der Waals surface area contributed by atoms with Gasteiger partial charge in [-0.3, -0.25) is 4.98 Å². The first-order valence-electron chi connectivity index (χ1n) is 4.38. The van der Waals surface area contributed by atoms with Gasteiger partial charge in [-0.25, -0.2) is 0 Å². The summed E-state index contributed by atoms with van der Waals surface area (Å²) < 4.78 is 1.88. The molecule has 0 saturated heterocycles. The fraction of sp³-hybridized carbons (Fsp3) is 0.444. The van der Waals surface area contributed by atoms with Crippen molar-refractivity contribution in [2.24, 2.45) is 5.92 Å². The average Bonchev–Trinajstić information content (AvgIpc) is 2.90. The Hall–Kier alpha value is -0.130. The third-order valence-corrected chi connectivity index (χ3v) is 3.54. The number of anilines is 1. The van der Waals surface area contributed by atoms with Crippen LogP contribution in [0.4, 0.5) is 5.69 Å². The number of aliphatic hydroxyl groups is 1. The van der Waals surface area contributed by atoms with E-state index >= 15 is 0 Å². The van der Waals surface area contributed by atoms with Crippen LogP contribution in [0, 0.1) is 5.92 Å². The van der Waals surface area contributed by atoms with Crippen LogP contribution in [-0.2, 0) is 0 Å². The van der Waals surface area contributed by atoms with Crippen molar-refractivity contribution < 1.29 is 5.11 Å². The molecule has 1 saturated carbocycles. The van der Waals surface area contributed by atoms with E-state index in [-0.39, 0.29) is 6.61 Å². The molecule has 76 valence electrons. The minimum atomic E-state index is 0.262. The van der Waals surface area contributed by atoms with Crippen LogP contribution in [0.15, 0.2) is 21.3 Å². The molecule has 0 spiro atoms. The largest absolute Gasteiger partial charge is 0.396 e. The van der Waals surface area contributed by atoms with Crippen molar-refractivity contribution in [1.29, 1.82) is 0 Å². The van der Waals surface area contributed by atoms with E-state index in [0.717, 1.165) is 21.1 Å². The standard InChI is InChI=1S/C9H10Br2N2O/c10-6-2-12-3-7(11)9(6)13-8-1-5(8)4-14/h2-3,5,8,14H,1,4H2,(H,12,13)/t5-,8+/m0/s1. The van der Waals surface area contributed by atoms with E-state index in [1.54, 1.807) is 12.4 Å². The lowest BCUT2D eigenvalue weighted by Gasteiger charge is -2.09. The molecule has 0 aromatic carbocycles. The molecule has 0 radical (unpaired) electrons. The van der Waals surface area contributed by atoms with Gasteiger partial charge in [0.25, 0.3) is 0 Å². The Morgan fingerprint density at radius 3 is 2.57 bits per heavy atom. The number of hydrogen-bond donors (Lipinski definition) is 2. The van der Waals surface area contributed by atoms with Crippen molar-refractivity contribution in [3.63, 3.8) is 0 Å². The lowest BCUT2D eigenvalue weighted by molar-refractivity contribution is 0.275. The molecule has 5 heteroatoms. The second-order valence-electron chi connectivity index (χ2n) is 3.41. The number of nitrogens with zero attached hydrogens (tertiary/aromatic N) is 1. The minimum Gasteiger partial charge on any atom is -0.396 e. The van der Waals surface area contributed by atoms with E-state index in [0.29, 0.717) is 12.0 Å². The predicted octanol–water partition coefficient (Wildman–Crippen LogP) is 2.40. The second-order valence-corrected chi connectivity index (χ2v) is 5.12. The van der Waals surface area contributed by atoms with Gasteiger partial charge >= 0.3 is 0 Å². The second kappa shape index (κ2) is 4.16. The molecule has 0 amide bonds. The molecule has 0 bridgehead atoms. The van der Waals surface area contributed by atoms with Crippen LogP contribution in [0.2, 0.25) is 0 Å². The maximum Gasteiger partial charge on any atom is 0.0662 e. The van der Waals surface area contributed by atoms with Crippen LogP contribution in [0.5, 0.6) is 0 Å². The molecule has 2 rings (SSSR count). The Labute approximate surface area is 99.2 Å². The van der Waals surface area contributed by atoms with Crippen LogP contribution in [0.3, 0.4) is 0 Å². The van der Waals surface area contributed by atoms with Crippen LogP contribution >= 0.6 is 31.9 Å². The summed E-state index contributed by atoms with van der Waals surface area (Å²) in [6.45, 7) is 0.262. The number of rotatable bonds is 3. The van der Waals surface area contributed by atoms with Gasteiger partial charge in [0.1, 0.15) is 0 Å². The van der Waals surface area contributed by atoms with Gasteiger partial charge in [-0.2, -0.15) is 0 Å². The molecule has 1 aromatic rings. The fourth-order valence-electron chi connectivity index (χ4n) is 1.36. The monoisotopic (exact) mass is 320 g/mol. The van der Waals surface area contributed by atoms with Crippen LogP contribution in [0.1, 0.15) is 6.42 Å². The molecule has 1 aliphatic carbocycles. The van der Waals surface area contributed by atoms with E-state index in [4.69, 9.17) is 5.11 Å². The van der Waals surface area contributed by atoms with Crippen LogP contribution < -0.4 is 5.32 Å². The quantitative estimate of drug-likeness (QED) is 0.898. The molecule has 14 heavy (non-hydrogen) atoms. The number of aliphatic hydroxyl groups excluding tert-OH is 1. The van der Waals surface area contributed by atoms with Crippen molar-refractivity contribution >= 4 is 37.5 Å². The number of aromatic nitrogens is 1. The number of hydrogen-bond acceptors (Lipinski definition) is 3. The third-order valence-electron chi connectivity index (χ3n) is 2.34. The van der Waals surface area contributed by atoms with E-state index in [1.807, 2.05) is 0 Å². The van der Waals surface area contributed by atoms with Gasteiger partial charge in [0.15, 0.2) is 0 Å². The Balaban J connectivity index is 2.09. The number of nitrogens with one attached hydrogen (secondary N) is 1. The Morgan fingerprint density at radius 1 is 1.43 bits per heavy atom. The minimum absolute atomic E-state index is 0.262. The summed E-state index contributed by atoms with van der Waals surface area (Å²) in [5, 5.41) is 12.3. The summed E-state index contributed by atoms with van der Waals surface area (Å²) in [6, 6.07) is 0.398. The SMILES string of the molecule is OC[C@@H]1C[C@H]1Nc1c(Br)cncc1Br. The van der Waals surface area contributed by atoms with Crippen molar-refractivity contribution in [1.82, 2.24) is 4.98 Å². The van der Waals surface area contributed by atoms with Gasteiger partial charge in [-0.1, -0.05) is 0 Å². The zero-order valence-corrected chi connectivity index (χ0v) is 10.5. The lowest BCUT2D eigenvalue weighted by Crippen LogP contribution is -2.07. The summed E-state index contributed by atoms with van der Waals surface area (Å²) in [4.78, 5) is 4.03. The molecular formula is C9H10Br2N2O. The summed E-state index contributed by atoms with van der Waals surface area (Å²) in [6.07, 6.45) is 4.55. The Bertz CT molecular complexity index is 325. The van der Waals surface area contributed by atoms with Crippen LogP contribution in [0.25, 0.3) is 0 Å². The maximum absolute atomic E-state index is 8.92. The van der Waals surface area contributed by atoms with Crippen molar-refractivity contribution in [2.45, 2.75) is 12.5 Å². The van der Waals surface area contributed by atoms with E-state index in [9.17, 15) is 0 Å². The van der Waals surface area contributed by atoms with Gasteiger partial charge in [-0.15, -0.1) is 0 Å². The third kappa shape index (κ3) is 2.10. The topological polar surface area (TPSA) is 45.1 Å². The summed E-state index contributed by atoms with van der Waals surface area (Å²) in [5.41, 5.74) is 1.01. The first-order chi connectivity index (χ1) is 6.72. The van der Waals surface area contributed by atoms with E-state index < -0.39 is 0 Å². The summed E-state index contributed by atoms with van der Waals surface area (Å²) in [7, 11) is 0. The normalized spacial score (nSPS) is 24.8. The predicted molar refractivity (Wildman–Crippen MR) is 62.2 cm³/mol. The van der Waals surface area contributed by atoms with Crippen LogP contribution in [-0.4, -0.2) is 22.7 Å². The number of pyridine rings is 1. The summed E-state index contributed by atoms with van der Waals surface area (Å²) in [5.74, 6) is 0.405. The van der Waals surface area contributed by atoms with Crippen molar-refractivity contribution in [3.8, 4) is 0 Å². The first kappa shape index (κ1) is 10.4. The molecule has 2 N–H and O–H groups in total. The number of halogens is 2. The average molecular weight is 322 g/mol. The van der Waals surface area contributed by atoms with E-state index in [1.165, 1.54) is 0 Å². The Kier molecular flexibility index (Phi) is 3.09. The van der Waals surface area contributed by atoms with Gasteiger partial charge in [0, 0.05) is 31.0 Å². The van der Waals surface area contributed by atoms with Gasteiger partial charge < -0.3 is 10.4 Å². The molecule has 1 heterocycles. The highest BCUT2D eigenvalue weighted by molar-refractivity contribution is 9.11. The molecule has 3 nitrogen and oxygen atoms in total. The van der Waals surface area contributed by atoms with Crippen molar-refractivity contribution in [2.75, 3.05) is 11.9 Å². The van der Waals surface area contributed by atoms with E-state index in [2.05, 4.69) is 42.2 Å². The van der Waals surface area contributed by atoms with Gasteiger partial charge in [0.2, 0.25) is 0 Å². The highest BCUT2D eigenvalue weighted by atomic mass is 79.9. The maximum atomic E-state index is 8.92. The lowest BCUT2D eigenvalue weighted by atomic mass is 10.4. The first-order valence-corrected chi connectivity index (χ1v) is 5.97. The molecule has 0 unspecified atom stereocenters. The Morgan fingerprint density at radius 2 is 2.07 bits per heavy atom. The van der Waals surface area contributed by atoms with Gasteiger partial charge in [-0.05, 0) is 38.3 Å². The molecule has 2 atom stereocenters. The molecular weight excluding hydrogens is 312 g/mol. The molecule has 0 aliphatic heterocycles. The molecule has 1 aliphatic rings. The highest BCUT2D eigenvalue weighted by Gasteiger charge is 2.36. The molecule has 1 fully saturated rings. The summed E-state index contributed by atoms with van der Waals surface area (Å²) >= 11 is 6.86. The fourth-order valence-corrected chi connectivity index (χ4v) is 2.52. The van der Waals surface area contributed by atoms with Gasteiger partial charge in [0.05, 0.1) is 14.6 Å². The van der Waals surface area contributed by atoms with Crippen molar-refractivity contribution in [3.05, 3.63) is 21.3 Å².